The second kappa shape index (κ2) is 8.49. The van der Waals surface area contributed by atoms with E-state index in [1.54, 1.807) is 21.5 Å². The Kier molecular flexibility index (Phi) is 6.09. The van der Waals surface area contributed by atoms with Gasteiger partial charge < -0.3 is 0 Å². The highest BCUT2D eigenvalue weighted by Crippen LogP contribution is 2.32. The van der Waals surface area contributed by atoms with E-state index in [-0.39, 0.29) is 9.52 Å². The van der Waals surface area contributed by atoms with Crippen LogP contribution >= 0.6 is 0 Å². The molecule has 0 aromatic heterocycles. The Balaban J connectivity index is 1.69. The van der Waals surface area contributed by atoms with E-state index < -0.39 is 0 Å². The molecule has 3 rings (SSSR count). The Morgan fingerprint density at radius 2 is 1.60 bits per heavy atom. The first kappa shape index (κ1) is 17.9. The highest BCUT2D eigenvalue weighted by atomic mass is 28.2. The molecule has 2 aromatic rings. The molecule has 0 nitrogen and oxygen atoms in total. The van der Waals surface area contributed by atoms with Crippen LogP contribution in [0.3, 0.4) is 0 Å². The van der Waals surface area contributed by atoms with Crippen molar-refractivity contribution in [2.24, 2.45) is 5.92 Å². The van der Waals surface area contributed by atoms with Crippen LogP contribution in [-0.4, -0.2) is 9.52 Å². The van der Waals surface area contributed by atoms with E-state index in [9.17, 15) is 0 Å². The molecule has 25 heavy (non-hydrogen) atoms. The maximum Gasteiger partial charge on any atom is 0.0874 e. The van der Waals surface area contributed by atoms with Crippen LogP contribution in [0.25, 0.3) is 0 Å². The molecule has 0 saturated heterocycles. The van der Waals surface area contributed by atoms with Crippen LogP contribution in [0.5, 0.6) is 0 Å². The van der Waals surface area contributed by atoms with Gasteiger partial charge in [-0.15, -0.1) is 0 Å². The zero-order valence-corrected chi connectivity index (χ0v) is 17.3. The molecule has 0 amide bonds. The summed E-state index contributed by atoms with van der Waals surface area (Å²) in [4.78, 5) is 0. The van der Waals surface area contributed by atoms with Crippen LogP contribution < -0.4 is 5.19 Å². The standard InChI is InChI=1S/C24H30Si/c1-4-5-9-20-12-14-21(15-13-20)17-23-18(2)16-24(19(23)3)25-22-10-7-6-8-11-22/h6-8,10-16,18H,4-5,9,17,25H2,1-3H3. The van der Waals surface area contributed by atoms with E-state index in [4.69, 9.17) is 0 Å². The summed E-state index contributed by atoms with van der Waals surface area (Å²) in [5, 5.41) is 3.19. The molecule has 130 valence electrons. The van der Waals surface area contributed by atoms with Crippen LogP contribution in [0, 0.1) is 5.92 Å². The molecule has 0 bridgehead atoms. The second-order valence-electron chi connectivity index (χ2n) is 7.39. The monoisotopic (exact) mass is 346 g/mol. The van der Waals surface area contributed by atoms with Gasteiger partial charge in [0, 0.05) is 0 Å². The highest BCUT2D eigenvalue weighted by molar-refractivity contribution is 6.62. The number of rotatable bonds is 7. The molecular weight excluding hydrogens is 316 g/mol. The van der Waals surface area contributed by atoms with Gasteiger partial charge in [0.2, 0.25) is 0 Å². The molecule has 0 fully saturated rings. The van der Waals surface area contributed by atoms with E-state index in [0.29, 0.717) is 5.92 Å². The molecule has 1 aliphatic carbocycles. The van der Waals surface area contributed by atoms with Gasteiger partial charge >= 0.3 is 0 Å². The SMILES string of the molecule is CCCCc1ccc(CC2=C(C)C([SiH2]c3ccccc3)=CC2C)cc1. The Labute approximate surface area is 155 Å². The highest BCUT2D eigenvalue weighted by Gasteiger charge is 2.20. The zero-order valence-electron chi connectivity index (χ0n) is 15.9. The lowest BCUT2D eigenvalue weighted by atomic mass is 9.94. The van der Waals surface area contributed by atoms with Gasteiger partial charge in [-0.05, 0) is 43.2 Å². The fourth-order valence-corrected chi connectivity index (χ4v) is 5.71. The third-order valence-electron chi connectivity index (χ3n) is 5.44. The van der Waals surface area contributed by atoms with Crippen molar-refractivity contribution in [3.05, 3.63) is 88.1 Å². The predicted octanol–water partition coefficient (Wildman–Crippen LogP) is 4.92. The number of hydrogen-bond acceptors (Lipinski definition) is 0. The Morgan fingerprint density at radius 1 is 0.920 bits per heavy atom. The minimum atomic E-state index is -0.348. The van der Waals surface area contributed by atoms with Crippen LogP contribution in [0.2, 0.25) is 0 Å². The molecular formula is C24H30Si. The van der Waals surface area contributed by atoms with Gasteiger partial charge in [0.1, 0.15) is 0 Å². The first-order valence-electron chi connectivity index (χ1n) is 9.69. The number of allylic oxidation sites excluding steroid dienone is 4. The topological polar surface area (TPSA) is 0 Å². The van der Waals surface area contributed by atoms with Gasteiger partial charge in [-0.3, -0.25) is 0 Å². The average Bonchev–Trinajstić information content (AvgIpc) is 2.89. The van der Waals surface area contributed by atoms with Crippen molar-refractivity contribution >= 4 is 14.7 Å². The molecule has 0 aliphatic heterocycles. The van der Waals surface area contributed by atoms with Crippen molar-refractivity contribution in [2.45, 2.75) is 46.5 Å². The molecule has 0 N–H and O–H groups in total. The van der Waals surface area contributed by atoms with E-state index in [2.05, 4.69) is 81.4 Å². The van der Waals surface area contributed by atoms with Crippen molar-refractivity contribution in [2.75, 3.05) is 0 Å². The second-order valence-corrected chi connectivity index (χ2v) is 9.32. The maximum absolute atomic E-state index is 2.53. The number of hydrogen-bond donors (Lipinski definition) is 0. The summed E-state index contributed by atoms with van der Waals surface area (Å²) < 4.78 is 0. The van der Waals surface area contributed by atoms with Crippen molar-refractivity contribution in [1.29, 1.82) is 0 Å². The lowest BCUT2D eigenvalue weighted by molar-refractivity contribution is 0.794. The minimum Gasteiger partial charge on any atom is -0.0783 e. The van der Waals surface area contributed by atoms with E-state index >= 15 is 0 Å². The largest absolute Gasteiger partial charge is 0.0874 e. The van der Waals surface area contributed by atoms with E-state index in [0.717, 1.165) is 6.42 Å². The Bertz CT molecular complexity index is 750. The first-order chi connectivity index (χ1) is 12.2. The van der Waals surface area contributed by atoms with Crippen molar-refractivity contribution in [3.63, 3.8) is 0 Å². The molecule has 0 radical (unpaired) electrons. The Morgan fingerprint density at radius 3 is 2.28 bits per heavy atom. The van der Waals surface area contributed by atoms with E-state index in [1.807, 2.05) is 0 Å². The molecule has 0 saturated carbocycles. The van der Waals surface area contributed by atoms with Crippen molar-refractivity contribution in [1.82, 2.24) is 0 Å². The normalized spacial score (nSPS) is 17.6. The van der Waals surface area contributed by atoms with Gasteiger partial charge in [-0.25, -0.2) is 0 Å². The van der Waals surface area contributed by atoms with Gasteiger partial charge in [0.15, 0.2) is 0 Å². The average molecular weight is 347 g/mol. The summed E-state index contributed by atoms with van der Waals surface area (Å²) >= 11 is 0. The quantitative estimate of drug-likeness (QED) is 0.625. The fraction of sp³-hybridized carbons (Fsp3) is 0.333. The zero-order chi connectivity index (χ0) is 17.6. The predicted molar refractivity (Wildman–Crippen MR) is 113 cm³/mol. The van der Waals surface area contributed by atoms with Crippen LogP contribution in [0.15, 0.2) is 77.0 Å². The smallest absolute Gasteiger partial charge is 0.0783 e. The molecule has 1 heteroatoms. The molecule has 1 unspecified atom stereocenters. The molecule has 0 heterocycles. The van der Waals surface area contributed by atoms with Crippen molar-refractivity contribution in [3.8, 4) is 0 Å². The van der Waals surface area contributed by atoms with Crippen LogP contribution in [-0.2, 0) is 12.8 Å². The number of benzene rings is 2. The van der Waals surface area contributed by atoms with Gasteiger partial charge in [-0.2, -0.15) is 0 Å². The summed E-state index contributed by atoms with van der Waals surface area (Å²) in [6.45, 7) is 6.96. The fourth-order valence-electron chi connectivity index (χ4n) is 3.80. The van der Waals surface area contributed by atoms with Crippen LogP contribution in [0.1, 0.15) is 44.7 Å². The summed E-state index contributed by atoms with van der Waals surface area (Å²) in [5.41, 5.74) is 6.13. The lowest BCUT2D eigenvalue weighted by Crippen LogP contribution is -2.15. The van der Waals surface area contributed by atoms with Gasteiger partial charge in [0.05, 0.1) is 9.52 Å². The summed E-state index contributed by atoms with van der Waals surface area (Å²) in [7, 11) is -0.348. The minimum absolute atomic E-state index is 0.348. The maximum atomic E-state index is 2.53. The van der Waals surface area contributed by atoms with Crippen molar-refractivity contribution < 1.29 is 0 Å². The number of aryl methyl sites for hydroxylation is 1. The number of unbranched alkanes of at least 4 members (excludes halogenated alkanes) is 1. The summed E-state index contributed by atoms with van der Waals surface area (Å²) in [5.74, 6) is 0.589. The Hall–Kier alpha value is -1.86. The molecule has 2 aromatic carbocycles. The molecule has 1 aliphatic rings. The van der Waals surface area contributed by atoms with Gasteiger partial charge in [0.25, 0.3) is 0 Å². The van der Waals surface area contributed by atoms with Crippen LogP contribution in [0.4, 0.5) is 0 Å². The summed E-state index contributed by atoms with van der Waals surface area (Å²) in [6.07, 6.45) is 7.40. The third kappa shape index (κ3) is 4.61. The molecule has 0 spiro atoms. The molecule has 1 atom stereocenters. The first-order valence-corrected chi connectivity index (χ1v) is 11.1. The third-order valence-corrected chi connectivity index (χ3v) is 7.46. The van der Waals surface area contributed by atoms with E-state index in [1.165, 1.54) is 30.4 Å². The summed E-state index contributed by atoms with van der Waals surface area (Å²) in [6, 6.07) is 20.4. The lowest BCUT2D eigenvalue weighted by Gasteiger charge is -2.12. The van der Waals surface area contributed by atoms with Gasteiger partial charge in [-0.1, -0.05) is 102 Å².